The Labute approximate surface area is 76.7 Å². The van der Waals surface area contributed by atoms with Crippen molar-refractivity contribution in [1.29, 1.82) is 0 Å². The van der Waals surface area contributed by atoms with Crippen molar-refractivity contribution < 1.29 is 0 Å². The van der Waals surface area contributed by atoms with Gasteiger partial charge in [0.05, 0.1) is 5.69 Å². The highest BCUT2D eigenvalue weighted by Gasteiger charge is 2.05. The van der Waals surface area contributed by atoms with Crippen molar-refractivity contribution in [2.45, 2.75) is 19.4 Å². The van der Waals surface area contributed by atoms with Crippen LogP contribution in [-0.4, -0.2) is 4.98 Å². The second-order valence-corrected chi connectivity index (χ2v) is 3.02. The fraction of sp³-hybridized carbons (Fsp3) is 0.375. The molecule has 12 heavy (non-hydrogen) atoms. The number of hydrogen-bond donors (Lipinski definition) is 2. The molecule has 66 valence electrons. The highest BCUT2D eigenvalue weighted by Crippen LogP contribution is 2.20. The zero-order valence-corrected chi connectivity index (χ0v) is 7.67. The van der Waals surface area contributed by atoms with Crippen LogP contribution in [0, 0.1) is 0 Å². The van der Waals surface area contributed by atoms with E-state index in [1.54, 1.807) is 12.3 Å². The second kappa shape index (κ2) is 3.74. The number of halogens is 1. The van der Waals surface area contributed by atoms with Crippen LogP contribution in [0.2, 0.25) is 5.15 Å². The van der Waals surface area contributed by atoms with Crippen molar-refractivity contribution in [3.8, 4) is 0 Å². The zero-order chi connectivity index (χ0) is 9.14. The smallest absolute Gasteiger partial charge is 0.151 e. The van der Waals surface area contributed by atoms with Crippen molar-refractivity contribution in [3.05, 3.63) is 23.0 Å². The summed E-state index contributed by atoms with van der Waals surface area (Å²) in [7, 11) is 0. The largest absolute Gasteiger partial charge is 0.396 e. The number of anilines is 1. The third-order valence-electron chi connectivity index (χ3n) is 1.76. The van der Waals surface area contributed by atoms with E-state index >= 15 is 0 Å². The van der Waals surface area contributed by atoms with Crippen molar-refractivity contribution in [2.24, 2.45) is 5.73 Å². The Bertz CT molecular complexity index is 275. The fourth-order valence-corrected chi connectivity index (χ4v) is 1.02. The van der Waals surface area contributed by atoms with Gasteiger partial charge in [-0.25, -0.2) is 4.98 Å². The summed E-state index contributed by atoms with van der Waals surface area (Å²) in [6.07, 6.45) is 2.52. The van der Waals surface area contributed by atoms with Crippen molar-refractivity contribution in [2.75, 3.05) is 5.73 Å². The Morgan fingerprint density at radius 3 is 2.83 bits per heavy atom. The van der Waals surface area contributed by atoms with Gasteiger partial charge >= 0.3 is 0 Å². The molecule has 0 aliphatic rings. The van der Waals surface area contributed by atoms with Gasteiger partial charge < -0.3 is 11.5 Å². The number of nitrogens with two attached hydrogens (primary N) is 2. The lowest BCUT2D eigenvalue weighted by atomic mass is 10.1. The SMILES string of the molecule is CC[C@@H](N)c1cnc(Cl)c(N)c1. The van der Waals surface area contributed by atoms with E-state index in [9.17, 15) is 0 Å². The highest BCUT2D eigenvalue weighted by molar-refractivity contribution is 6.31. The Morgan fingerprint density at radius 1 is 1.67 bits per heavy atom. The molecule has 1 heterocycles. The van der Waals surface area contributed by atoms with E-state index in [4.69, 9.17) is 23.1 Å². The summed E-state index contributed by atoms with van der Waals surface area (Å²) < 4.78 is 0. The average Bonchev–Trinajstić information content (AvgIpc) is 2.08. The first-order valence-corrected chi connectivity index (χ1v) is 4.19. The Kier molecular flexibility index (Phi) is 2.89. The van der Waals surface area contributed by atoms with Gasteiger partial charge in [-0.05, 0) is 18.1 Å². The van der Waals surface area contributed by atoms with Crippen LogP contribution in [0.5, 0.6) is 0 Å². The average molecular weight is 186 g/mol. The third-order valence-corrected chi connectivity index (χ3v) is 2.07. The van der Waals surface area contributed by atoms with E-state index in [1.807, 2.05) is 6.92 Å². The number of nitrogens with zero attached hydrogens (tertiary/aromatic N) is 1. The molecule has 0 aliphatic carbocycles. The molecule has 0 saturated heterocycles. The van der Waals surface area contributed by atoms with E-state index in [0.29, 0.717) is 10.8 Å². The maximum absolute atomic E-state index is 5.77. The third kappa shape index (κ3) is 1.87. The van der Waals surface area contributed by atoms with Crippen LogP contribution >= 0.6 is 11.6 Å². The summed E-state index contributed by atoms with van der Waals surface area (Å²) in [5.74, 6) is 0. The lowest BCUT2D eigenvalue weighted by Gasteiger charge is -2.09. The lowest BCUT2D eigenvalue weighted by Crippen LogP contribution is -2.09. The highest BCUT2D eigenvalue weighted by atomic mass is 35.5. The van der Waals surface area contributed by atoms with Gasteiger partial charge in [0, 0.05) is 12.2 Å². The first kappa shape index (κ1) is 9.29. The van der Waals surface area contributed by atoms with E-state index in [1.165, 1.54) is 0 Å². The van der Waals surface area contributed by atoms with Crippen LogP contribution in [0.15, 0.2) is 12.3 Å². The van der Waals surface area contributed by atoms with Crippen LogP contribution in [-0.2, 0) is 0 Å². The molecule has 0 aliphatic heterocycles. The van der Waals surface area contributed by atoms with Crippen LogP contribution in [0.3, 0.4) is 0 Å². The number of hydrogen-bond acceptors (Lipinski definition) is 3. The van der Waals surface area contributed by atoms with Crippen LogP contribution in [0.4, 0.5) is 5.69 Å². The van der Waals surface area contributed by atoms with Crippen molar-refractivity contribution in [3.63, 3.8) is 0 Å². The lowest BCUT2D eigenvalue weighted by molar-refractivity contribution is 0.696. The predicted octanol–water partition coefficient (Wildman–Crippen LogP) is 1.73. The Hall–Kier alpha value is -0.800. The maximum Gasteiger partial charge on any atom is 0.151 e. The summed E-state index contributed by atoms with van der Waals surface area (Å²) >= 11 is 5.65. The molecule has 0 fully saturated rings. The summed E-state index contributed by atoms with van der Waals surface area (Å²) in [5, 5.41) is 0.335. The quantitative estimate of drug-likeness (QED) is 0.690. The summed E-state index contributed by atoms with van der Waals surface area (Å²) in [6.45, 7) is 2.01. The standard InChI is InChI=1S/C8H12ClN3/c1-2-6(10)5-3-7(11)8(9)12-4-5/h3-4,6H,2,10-11H2,1H3/t6-/m1/s1. The van der Waals surface area contributed by atoms with Gasteiger partial charge in [-0.3, -0.25) is 0 Å². The van der Waals surface area contributed by atoms with Crippen LogP contribution in [0.25, 0.3) is 0 Å². The molecule has 0 aromatic carbocycles. The van der Waals surface area contributed by atoms with Gasteiger partial charge in [-0.15, -0.1) is 0 Å². The minimum Gasteiger partial charge on any atom is -0.396 e. The molecule has 3 nitrogen and oxygen atoms in total. The first-order valence-electron chi connectivity index (χ1n) is 3.81. The molecule has 0 bridgehead atoms. The topological polar surface area (TPSA) is 64.9 Å². The molecule has 1 aromatic rings. The molecular weight excluding hydrogens is 174 g/mol. The summed E-state index contributed by atoms with van der Waals surface area (Å²) in [5.41, 5.74) is 12.8. The summed E-state index contributed by atoms with van der Waals surface area (Å²) in [6, 6.07) is 1.76. The number of aromatic nitrogens is 1. The monoisotopic (exact) mass is 185 g/mol. The first-order chi connectivity index (χ1) is 5.65. The van der Waals surface area contributed by atoms with E-state index in [-0.39, 0.29) is 6.04 Å². The van der Waals surface area contributed by atoms with Gasteiger partial charge in [0.2, 0.25) is 0 Å². The normalized spacial score (nSPS) is 12.9. The molecule has 4 N–H and O–H groups in total. The van der Waals surface area contributed by atoms with Gasteiger partial charge in [-0.1, -0.05) is 18.5 Å². The van der Waals surface area contributed by atoms with Crippen LogP contribution < -0.4 is 11.5 Å². The molecule has 0 unspecified atom stereocenters. The Morgan fingerprint density at radius 2 is 2.33 bits per heavy atom. The molecule has 0 spiro atoms. The second-order valence-electron chi connectivity index (χ2n) is 2.66. The predicted molar refractivity (Wildman–Crippen MR) is 50.9 cm³/mol. The number of rotatable bonds is 2. The van der Waals surface area contributed by atoms with Gasteiger partial charge in [0.1, 0.15) is 0 Å². The molecule has 1 aromatic heterocycles. The van der Waals surface area contributed by atoms with Crippen molar-refractivity contribution in [1.82, 2.24) is 4.98 Å². The molecule has 4 heteroatoms. The number of nitrogen functional groups attached to an aromatic ring is 1. The molecule has 0 amide bonds. The summed E-state index contributed by atoms with van der Waals surface area (Å²) in [4.78, 5) is 3.91. The Balaban J connectivity index is 2.96. The van der Waals surface area contributed by atoms with Crippen molar-refractivity contribution >= 4 is 17.3 Å². The van der Waals surface area contributed by atoms with Gasteiger partial charge in [-0.2, -0.15) is 0 Å². The minimum absolute atomic E-state index is 0.00272. The molecule has 0 radical (unpaired) electrons. The van der Waals surface area contributed by atoms with E-state index in [0.717, 1.165) is 12.0 Å². The van der Waals surface area contributed by atoms with E-state index < -0.39 is 0 Å². The van der Waals surface area contributed by atoms with Crippen LogP contribution in [0.1, 0.15) is 24.9 Å². The molecular formula is C8H12ClN3. The molecule has 1 rings (SSSR count). The minimum atomic E-state index is -0.00272. The van der Waals surface area contributed by atoms with E-state index in [2.05, 4.69) is 4.98 Å². The van der Waals surface area contributed by atoms with Gasteiger partial charge in [0.15, 0.2) is 5.15 Å². The number of pyridine rings is 1. The molecule has 1 atom stereocenters. The zero-order valence-electron chi connectivity index (χ0n) is 6.92. The fourth-order valence-electron chi connectivity index (χ4n) is 0.921. The molecule has 0 saturated carbocycles. The maximum atomic E-state index is 5.77. The van der Waals surface area contributed by atoms with Gasteiger partial charge in [0.25, 0.3) is 0 Å².